The van der Waals surface area contributed by atoms with Crippen LogP contribution in [0.2, 0.25) is 0 Å². The Hall–Kier alpha value is -2.70. The molecule has 0 aromatic heterocycles. The molecular formula is C21H26N2O5. The van der Waals surface area contributed by atoms with Crippen LogP contribution in [-0.2, 0) is 14.3 Å². The van der Waals surface area contributed by atoms with E-state index >= 15 is 0 Å². The average Bonchev–Trinajstić information content (AvgIpc) is 2.91. The fourth-order valence-electron chi connectivity index (χ4n) is 3.86. The van der Waals surface area contributed by atoms with E-state index in [0.29, 0.717) is 19.0 Å². The first-order chi connectivity index (χ1) is 13.3. The molecule has 0 N–H and O–H groups in total. The Labute approximate surface area is 164 Å². The van der Waals surface area contributed by atoms with Crippen LogP contribution in [0.4, 0.5) is 0 Å². The minimum absolute atomic E-state index is 0.246. The van der Waals surface area contributed by atoms with Crippen molar-refractivity contribution >= 4 is 23.7 Å². The van der Waals surface area contributed by atoms with Crippen LogP contribution in [0.1, 0.15) is 54.3 Å². The second-order valence-corrected chi connectivity index (χ2v) is 7.91. The SMILES string of the molecule is CC(C)[C@H](C(=O)OCC(=O)N1CCC[C@H](C)C1)N1C(=O)c2ccccc2C1=O. The largest absolute Gasteiger partial charge is 0.454 e. The first-order valence-electron chi connectivity index (χ1n) is 9.72. The standard InChI is InChI=1S/C21H26N2O5/c1-13(2)18(23-19(25)15-8-4-5-9-16(15)20(23)26)21(27)28-12-17(24)22-10-6-7-14(3)11-22/h4-5,8-9,13-14,18H,6-7,10-12H2,1-3H3/t14-,18+/m0/s1. The number of amides is 3. The molecule has 150 valence electrons. The molecule has 0 unspecified atom stereocenters. The van der Waals surface area contributed by atoms with Crippen molar-refractivity contribution in [1.29, 1.82) is 0 Å². The Morgan fingerprint density at radius 2 is 1.75 bits per heavy atom. The first-order valence-corrected chi connectivity index (χ1v) is 9.72. The lowest BCUT2D eigenvalue weighted by atomic mass is 10.0. The van der Waals surface area contributed by atoms with Gasteiger partial charge in [-0.1, -0.05) is 32.9 Å². The van der Waals surface area contributed by atoms with Gasteiger partial charge in [-0.15, -0.1) is 0 Å². The molecule has 0 bridgehead atoms. The number of piperidine rings is 1. The van der Waals surface area contributed by atoms with Gasteiger partial charge in [-0.05, 0) is 36.8 Å². The zero-order valence-electron chi connectivity index (χ0n) is 16.5. The van der Waals surface area contributed by atoms with Crippen molar-refractivity contribution in [2.75, 3.05) is 19.7 Å². The number of fused-ring (bicyclic) bond motifs is 1. The summed E-state index contributed by atoms with van der Waals surface area (Å²) in [5.41, 5.74) is 0.564. The lowest BCUT2D eigenvalue weighted by molar-refractivity contribution is -0.157. The summed E-state index contributed by atoms with van der Waals surface area (Å²) < 4.78 is 5.25. The summed E-state index contributed by atoms with van der Waals surface area (Å²) >= 11 is 0. The second kappa shape index (κ2) is 8.12. The van der Waals surface area contributed by atoms with Crippen LogP contribution in [0, 0.1) is 11.8 Å². The lowest BCUT2D eigenvalue weighted by Gasteiger charge is -2.31. The van der Waals surface area contributed by atoms with Crippen LogP contribution in [0.3, 0.4) is 0 Å². The number of hydrogen-bond donors (Lipinski definition) is 0. The van der Waals surface area contributed by atoms with E-state index in [-0.39, 0.29) is 29.6 Å². The highest BCUT2D eigenvalue weighted by Gasteiger charge is 2.44. The third-order valence-corrected chi connectivity index (χ3v) is 5.32. The number of carbonyl (C=O) groups is 4. The van der Waals surface area contributed by atoms with Gasteiger partial charge < -0.3 is 9.64 Å². The smallest absolute Gasteiger partial charge is 0.330 e. The molecule has 1 saturated heterocycles. The Kier molecular flexibility index (Phi) is 5.82. The van der Waals surface area contributed by atoms with Gasteiger partial charge in [0, 0.05) is 13.1 Å². The quantitative estimate of drug-likeness (QED) is 0.572. The van der Waals surface area contributed by atoms with Crippen molar-refractivity contribution in [2.45, 2.75) is 39.7 Å². The monoisotopic (exact) mass is 386 g/mol. The fourth-order valence-corrected chi connectivity index (χ4v) is 3.86. The summed E-state index contributed by atoms with van der Waals surface area (Å²) in [5, 5.41) is 0. The van der Waals surface area contributed by atoms with Crippen LogP contribution in [0.25, 0.3) is 0 Å². The molecule has 0 aliphatic carbocycles. The van der Waals surface area contributed by atoms with Gasteiger partial charge in [-0.2, -0.15) is 0 Å². The highest BCUT2D eigenvalue weighted by molar-refractivity contribution is 6.22. The molecule has 0 radical (unpaired) electrons. The third-order valence-electron chi connectivity index (χ3n) is 5.32. The van der Waals surface area contributed by atoms with Crippen molar-refractivity contribution in [2.24, 2.45) is 11.8 Å². The summed E-state index contributed by atoms with van der Waals surface area (Å²) in [6, 6.07) is 5.42. The summed E-state index contributed by atoms with van der Waals surface area (Å²) in [5.74, 6) is -1.91. The molecule has 7 nitrogen and oxygen atoms in total. The van der Waals surface area contributed by atoms with Crippen LogP contribution in [-0.4, -0.2) is 59.2 Å². The van der Waals surface area contributed by atoms with E-state index in [4.69, 9.17) is 4.74 Å². The number of carbonyl (C=O) groups excluding carboxylic acids is 4. The lowest BCUT2D eigenvalue weighted by Crippen LogP contribution is -2.49. The van der Waals surface area contributed by atoms with E-state index in [1.54, 1.807) is 43.0 Å². The fraction of sp³-hybridized carbons (Fsp3) is 0.524. The van der Waals surface area contributed by atoms with Crippen molar-refractivity contribution in [1.82, 2.24) is 9.80 Å². The van der Waals surface area contributed by atoms with Gasteiger partial charge >= 0.3 is 5.97 Å². The van der Waals surface area contributed by atoms with Gasteiger partial charge in [-0.25, -0.2) is 4.79 Å². The predicted molar refractivity (Wildman–Crippen MR) is 102 cm³/mol. The Bertz CT molecular complexity index is 769. The van der Waals surface area contributed by atoms with Crippen LogP contribution in [0.15, 0.2) is 24.3 Å². The van der Waals surface area contributed by atoms with Crippen molar-refractivity contribution in [3.8, 4) is 0 Å². The Balaban J connectivity index is 1.69. The number of imide groups is 1. The molecule has 2 aliphatic rings. The molecule has 2 heterocycles. The molecule has 28 heavy (non-hydrogen) atoms. The molecule has 2 aliphatic heterocycles. The molecular weight excluding hydrogens is 360 g/mol. The van der Waals surface area contributed by atoms with Gasteiger partial charge in [0.15, 0.2) is 6.61 Å². The van der Waals surface area contributed by atoms with E-state index in [1.165, 1.54) is 0 Å². The second-order valence-electron chi connectivity index (χ2n) is 7.91. The molecule has 1 aromatic rings. The maximum absolute atomic E-state index is 12.7. The summed E-state index contributed by atoms with van der Waals surface area (Å²) in [4.78, 5) is 53.2. The topological polar surface area (TPSA) is 84.0 Å². The van der Waals surface area contributed by atoms with Gasteiger partial charge in [0.2, 0.25) is 0 Å². The summed E-state index contributed by atoms with van der Waals surface area (Å²) in [6.45, 7) is 6.50. The molecule has 1 fully saturated rings. The molecule has 1 aromatic carbocycles. The van der Waals surface area contributed by atoms with Crippen LogP contribution < -0.4 is 0 Å². The number of benzene rings is 1. The minimum atomic E-state index is -1.07. The van der Waals surface area contributed by atoms with Crippen molar-refractivity contribution in [3.63, 3.8) is 0 Å². The zero-order valence-corrected chi connectivity index (χ0v) is 16.5. The molecule has 0 saturated carbocycles. The highest BCUT2D eigenvalue weighted by atomic mass is 16.5. The maximum Gasteiger partial charge on any atom is 0.330 e. The summed E-state index contributed by atoms with van der Waals surface area (Å²) in [6.07, 6.45) is 2.02. The van der Waals surface area contributed by atoms with E-state index in [1.807, 2.05) is 0 Å². The number of esters is 1. The van der Waals surface area contributed by atoms with Crippen LogP contribution in [0.5, 0.6) is 0 Å². The van der Waals surface area contributed by atoms with Gasteiger partial charge in [0.05, 0.1) is 11.1 Å². The van der Waals surface area contributed by atoms with Crippen molar-refractivity contribution < 1.29 is 23.9 Å². The molecule has 7 heteroatoms. The molecule has 2 atom stereocenters. The number of hydrogen-bond acceptors (Lipinski definition) is 5. The number of ether oxygens (including phenoxy) is 1. The highest BCUT2D eigenvalue weighted by Crippen LogP contribution is 2.27. The normalized spacial score (nSPS) is 20.4. The first kappa shape index (κ1) is 20.0. The summed E-state index contributed by atoms with van der Waals surface area (Å²) in [7, 11) is 0. The van der Waals surface area contributed by atoms with Gasteiger partial charge in [-0.3, -0.25) is 19.3 Å². The van der Waals surface area contributed by atoms with Crippen molar-refractivity contribution in [3.05, 3.63) is 35.4 Å². The van der Waals surface area contributed by atoms with E-state index in [2.05, 4.69) is 6.92 Å². The van der Waals surface area contributed by atoms with E-state index in [9.17, 15) is 19.2 Å². The van der Waals surface area contributed by atoms with E-state index < -0.39 is 23.8 Å². The average molecular weight is 386 g/mol. The van der Waals surface area contributed by atoms with Gasteiger partial charge in [0.25, 0.3) is 17.7 Å². The predicted octanol–water partition coefficient (Wildman–Crippen LogP) is 2.11. The number of likely N-dealkylation sites (tertiary alicyclic amines) is 1. The molecule has 3 amide bonds. The van der Waals surface area contributed by atoms with Gasteiger partial charge in [0.1, 0.15) is 6.04 Å². The number of nitrogens with zero attached hydrogens (tertiary/aromatic N) is 2. The Morgan fingerprint density at radius 3 is 2.29 bits per heavy atom. The minimum Gasteiger partial charge on any atom is -0.454 e. The Morgan fingerprint density at radius 1 is 1.14 bits per heavy atom. The third kappa shape index (κ3) is 3.79. The molecule has 3 rings (SSSR count). The van der Waals surface area contributed by atoms with Crippen LogP contribution >= 0.6 is 0 Å². The van der Waals surface area contributed by atoms with E-state index in [0.717, 1.165) is 17.7 Å². The number of rotatable bonds is 5. The molecule has 0 spiro atoms. The zero-order chi connectivity index (χ0) is 20.4. The maximum atomic E-state index is 12.7.